The lowest BCUT2D eigenvalue weighted by Gasteiger charge is -2.23. The number of carboxylic acids is 1. The third-order valence-electron chi connectivity index (χ3n) is 5.81. The molecule has 1 aliphatic carbocycles. The molecular formula is C26H25N3O4. The van der Waals surface area contributed by atoms with Crippen molar-refractivity contribution in [3.63, 3.8) is 0 Å². The van der Waals surface area contributed by atoms with Crippen molar-refractivity contribution in [2.45, 2.75) is 12.5 Å². The van der Waals surface area contributed by atoms with E-state index in [-0.39, 0.29) is 24.3 Å². The number of allylic oxidation sites excluding steroid dienone is 2. The molecule has 2 aromatic rings. The quantitative estimate of drug-likeness (QED) is 0.428. The van der Waals surface area contributed by atoms with Gasteiger partial charge in [-0.2, -0.15) is 5.10 Å². The molecule has 0 saturated carbocycles. The average molecular weight is 444 g/mol. The van der Waals surface area contributed by atoms with E-state index in [2.05, 4.69) is 15.8 Å². The Hall–Kier alpha value is -4.13. The van der Waals surface area contributed by atoms with E-state index in [0.717, 1.165) is 11.1 Å². The second-order valence-electron chi connectivity index (χ2n) is 7.82. The van der Waals surface area contributed by atoms with Crippen LogP contribution in [0.25, 0.3) is 0 Å². The fourth-order valence-electron chi connectivity index (χ4n) is 4.03. The van der Waals surface area contributed by atoms with Crippen LogP contribution in [0.4, 0.5) is 0 Å². The summed E-state index contributed by atoms with van der Waals surface area (Å²) in [6.45, 7) is 0. The van der Waals surface area contributed by atoms with Crippen LogP contribution >= 0.6 is 0 Å². The smallest absolute Gasteiger partial charge is 0.311 e. The molecule has 2 aliphatic rings. The number of carbonyl (C=O) groups is 2. The Labute approximate surface area is 192 Å². The van der Waals surface area contributed by atoms with Crippen molar-refractivity contribution in [3.8, 4) is 5.75 Å². The number of aliphatic carboxylic acids is 1. The highest BCUT2D eigenvalue weighted by atomic mass is 16.5. The highest BCUT2D eigenvalue weighted by molar-refractivity contribution is 6.04. The maximum absolute atomic E-state index is 12.6. The molecule has 33 heavy (non-hydrogen) atoms. The number of methoxy groups -OCH3 is 1. The van der Waals surface area contributed by atoms with Gasteiger partial charge in [0.1, 0.15) is 5.75 Å². The lowest BCUT2D eigenvalue weighted by molar-refractivity contribution is -0.140. The summed E-state index contributed by atoms with van der Waals surface area (Å²) in [4.78, 5) is 24.9. The van der Waals surface area contributed by atoms with Gasteiger partial charge in [-0.1, -0.05) is 54.6 Å². The Morgan fingerprint density at radius 2 is 1.79 bits per heavy atom. The maximum atomic E-state index is 12.6. The number of nitrogens with one attached hydrogen (secondary N) is 2. The number of ether oxygens (including phenoxy) is 1. The van der Waals surface area contributed by atoms with Gasteiger partial charge in [0.05, 0.1) is 24.8 Å². The van der Waals surface area contributed by atoms with Crippen molar-refractivity contribution >= 4 is 17.6 Å². The van der Waals surface area contributed by atoms with E-state index in [1.807, 2.05) is 54.6 Å². The Morgan fingerprint density at radius 3 is 2.48 bits per heavy atom. The van der Waals surface area contributed by atoms with Crippen molar-refractivity contribution in [3.05, 3.63) is 102 Å². The predicted molar refractivity (Wildman–Crippen MR) is 126 cm³/mol. The molecule has 2 aromatic carbocycles. The zero-order valence-corrected chi connectivity index (χ0v) is 18.1. The third kappa shape index (κ3) is 5.03. The number of hydrogen-bond acceptors (Lipinski definition) is 5. The van der Waals surface area contributed by atoms with E-state index in [4.69, 9.17) is 4.74 Å². The molecule has 1 amide bonds. The van der Waals surface area contributed by atoms with Gasteiger partial charge < -0.3 is 15.2 Å². The molecule has 7 heteroatoms. The summed E-state index contributed by atoms with van der Waals surface area (Å²) in [5, 5.41) is 17.7. The molecule has 0 bridgehead atoms. The van der Waals surface area contributed by atoms with Crippen molar-refractivity contribution in [1.29, 1.82) is 0 Å². The summed E-state index contributed by atoms with van der Waals surface area (Å²) in [6.07, 6.45) is 9.85. The molecule has 0 radical (unpaired) electrons. The van der Waals surface area contributed by atoms with E-state index in [9.17, 15) is 14.7 Å². The van der Waals surface area contributed by atoms with Crippen LogP contribution in [0.2, 0.25) is 0 Å². The number of amides is 1. The molecule has 0 aromatic heterocycles. The van der Waals surface area contributed by atoms with Crippen LogP contribution in [0, 0.1) is 11.8 Å². The van der Waals surface area contributed by atoms with Crippen LogP contribution in [0.15, 0.2) is 95.8 Å². The Bertz CT molecular complexity index is 1130. The summed E-state index contributed by atoms with van der Waals surface area (Å²) in [5.41, 5.74) is 5.04. The first kappa shape index (κ1) is 22.1. The fraction of sp³-hybridized carbons (Fsp3) is 0.192. The minimum Gasteiger partial charge on any atom is -0.497 e. The summed E-state index contributed by atoms with van der Waals surface area (Å²) in [7, 11) is 1.56. The normalized spacial score (nSPS) is 19.8. The van der Waals surface area contributed by atoms with Gasteiger partial charge >= 0.3 is 5.97 Å². The van der Waals surface area contributed by atoms with Gasteiger partial charge in [0.25, 0.3) is 5.91 Å². The topological polar surface area (TPSA) is 100 Å². The monoisotopic (exact) mass is 443 g/mol. The van der Waals surface area contributed by atoms with Gasteiger partial charge in [-0.05, 0) is 41.6 Å². The Balaban J connectivity index is 1.58. The molecule has 0 spiro atoms. The first-order valence-electron chi connectivity index (χ1n) is 10.7. The number of hydrogen-bond donors (Lipinski definition) is 3. The van der Waals surface area contributed by atoms with E-state index in [0.29, 0.717) is 17.0 Å². The Morgan fingerprint density at radius 1 is 1.06 bits per heavy atom. The van der Waals surface area contributed by atoms with Crippen LogP contribution in [0.5, 0.6) is 5.75 Å². The zero-order chi connectivity index (χ0) is 23.2. The number of fused-ring (bicyclic) bond motifs is 1. The number of nitrogens with zero attached hydrogens (tertiary/aromatic N) is 1. The lowest BCUT2D eigenvalue weighted by atomic mass is 9.81. The number of carbonyl (C=O) groups excluding carboxylic acids is 1. The van der Waals surface area contributed by atoms with Crippen molar-refractivity contribution < 1.29 is 19.4 Å². The number of benzene rings is 2. The van der Waals surface area contributed by atoms with Gasteiger partial charge in [0.2, 0.25) is 0 Å². The lowest BCUT2D eigenvalue weighted by Crippen LogP contribution is -2.29. The predicted octanol–water partition coefficient (Wildman–Crippen LogP) is 3.52. The molecule has 0 fully saturated rings. The second-order valence-corrected chi connectivity index (χ2v) is 7.82. The standard InChI is InChI=1S/C26H25N3O4/c1-33-19-13-11-18(12-14-19)25(30)29-28-24(17-7-3-2-4-8-17)15-21(26(31)32)22-16-27-23-10-6-5-9-20(22)23/h2-14,16,20-21,23,27H,15H2,1H3,(H,29,30)(H,31,32)/b28-24-. The fourth-order valence-corrected chi connectivity index (χ4v) is 4.03. The van der Waals surface area contributed by atoms with E-state index < -0.39 is 11.9 Å². The molecule has 0 saturated heterocycles. The van der Waals surface area contributed by atoms with Gasteiger partial charge in [-0.15, -0.1) is 0 Å². The molecule has 3 atom stereocenters. The van der Waals surface area contributed by atoms with Gasteiger partial charge in [-0.3, -0.25) is 9.59 Å². The van der Waals surface area contributed by atoms with E-state index >= 15 is 0 Å². The molecule has 1 aliphatic heterocycles. The highest BCUT2D eigenvalue weighted by Gasteiger charge is 2.36. The largest absolute Gasteiger partial charge is 0.497 e. The number of hydrazone groups is 1. The average Bonchev–Trinajstić information content (AvgIpc) is 3.28. The molecule has 7 nitrogen and oxygen atoms in total. The van der Waals surface area contributed by atoms with Crippen LogP contribution in [-0.2, 0) is 4.79 Å². The van der Waals surface area contributed by atoms with Crippen molar-refractivity contribution in [2.24, 2.45) is 16.9 Å². The summed E-state index contributed by atoms with van der Waals surface area (Å²) >= 11 is 0. The van der Waals surface area contributed by atoms with E-state index in [1.54, 1.807) is 37.6 Å². The third-order valence-corrected chi connectivity index (χ3v) is 5.81. The second kappa shape index (κ2) is 9.99. The number of rotatable bonds is 8. The van der Waals surface area contributed by atoms with Crippen molar-refractivity contribution in [2.75, 3.05) is 7.11 Å². The van der Waals surface area contributed by atoms with E-state index in [1.165, 1.54) is 0 Å². The van der Waals surface area contributed by atoms with Crippen LogP contribution in [0.1, 0.15) is 22.3 Å². The summed E-state index contributed by atoms with van der Waals surface area (Å²) in [6, 6.07) is 16.0. The number of carboxylic acid groups (broad SMARTS) is 1. The first-order chi connectivity index (χ1) is 16.1. The van der Waals surface area contributed by atoms with Gasteiger partial charge in [0, 0.05) is 17.9 Å². The van der Waals surface area contributed by atoms with Crippen LogP contribution in [0.3, 0.4) is 0 Å². The molecule has 3 N–H and O–H groups in total. The summed E-state index contributed by atoms with van der Waals surface area (Å²) < 4.78 is 5.12. The van der Waals surface area contributed by atoms with Gasteiger partial charge in [0.15, 0.2) is 0 Å². The minimum absolute atomic E-state index is 0.0259. The van der Waals surface area contributed by atoms with Crippen molar-refractivity contribution in [1.82, 2.24) is 10.7 Å². The minimum atomic E-state index is -0.934. The molecule has 3 unspecified atom stereocenters. The highest BCUT2D eigenvalue weighted by Crippen LogP contribution is 2.34. The maximum Gasteiger partial charge on any atom is 0.311 e. The van der Waals surface area contributed by atoms with Crippen LogP contribution in [-0.4, -0.2) is 35.8 Å². The van der Waals surface area contributed by atoms with Gasteiger partial charge in [-0.25, -0.2) is 5.43 Å². The summed E-state index contributed by atoms with van der Waals surface area (Å²) in [5.74, 6) is -1.49. The molecule has 1 heterocycles. The molecule has 4 rings (SSSR count). The SMILES string of the molecule is COc1ccc(C(=O)N/N=C(/CC(C(=O)O)C2=CNC3C=CC=CC23)c2ccccc2)cc1. The van der Waals surface area contributed by atoms with Crippen LogP contribution < -0.4 is 15.5 Å². The zero-order valence-electron chi connectivity index (χ0n) is 18.1. The first-order valence-corrected chi connectivity index (χ1v) is 10.7. The molecular weight excluding hydrogens is 418 g/mol. The molecule has 168 valence electrons. The Kier molecular flexibility index (Phi) is 6.69.